The molecule has 8 heteroatoms. The van der Waals surface area contributed by atoms with E-state index in [1.165, 1.54) is 62.5 Å². The second-order valence-electron chi connectivity index (χ2n) is 18.8. The molecule has 4 nitrogen and oxygen atoms in total. The van der Waals surface area contributed by atoms with Gasteiger partial charge in [0.05, 0.1) is 17.7 Å². The van der Waals surface area contributed by atoms with Crippen LogP contribution in [0.25, 0.3) is 44.1 Å². The minimum Gasteiger partial charge on any atom is -0.512 e. The molecule has 359 valence electrons. The summed E-state index contributed by atoms with van der Waals surface area (Å²) in [5, 5.41) is 13.2. The summed E-state index contributed by atoms with van der Waals surface area (Å²) in [6.07, 6.45) is 9.80. The van der Waals surface area contributed by atoms with E-state index in [1.807, 2.05) is 27.7 Å². The number of carbonyl (C=O) groups excluding carboxylic acids is 1. The van der Waals surface area contributed by atoms with Gasteiger partial charge in [0.2, 0.25) is 0 Å². The molecular formula is C59H69F3IrN2O2-2. The molecule has 2 aliphatic carbocycles. The number of hydrogen-bond acceptors (Lipinski definition) is 4. The molecule has 6 aromatic rings. The van der Waals surface area contributed by atoms with Crippen molar-refractivity contribution >= 4 is 27.3 Å². The molecule has 67 heavy (non-hydrogen) atoms. The van der Waals surface area contributed by atoms with Gasteiger partial charge in [0, 0.05) is 50.4 Å². The van der Waals surface area contributed by atoms with Crippen LogP contribution in [0.4, 0.5) is 13.2 Å². The van der Waals surface area contributed by atoms with Crippen LogP contribution in [-0.2, 0) is 37.7 Å². The summed E-state index contributed by atoms with van der Waals surface area (Å²) in [6, 6.07) is 28.2. The van der Waals surface area contributed by atoms with Gasteiger partial charge < -0.3 is 15.1 Å². The van der Waals surface area contributed by atoms with Crippen molar-refractivity contribution in [3.8, 4) is 22.5 Å². The summed E-state index contributed by atoms with van der Waals surface area (Å²) in [7, 11) is 0. The average molecular weight is 1090 g/mol. The summed E-state index contributed by atoms with van der Waals surface area (Å²) >= 11 is 0. The average Bonchev–Trinajstić information content (AvgIpc) is 4.03. The second-order valence-corrected chi connectivity index (χ2v) is 18.8. The van der Waals surface area contributed by atoms with Gasteiger partial charge in [-0.05, 0) is 100 Å². The van der Waals surface area contributed by atoms with Crippen LogP contribution in [-0.4, -0.2) is 27.0 Å². The fraction of sp³-hybridized carbons (Fsp3) is 0.441. The number of benzene rings is 4. The van der Waals surface area contributed by atoms with Crippen LogP contribution in [0.5, 0.6) is 0 Å². The van der Waals surface area contributed by atoms with Crippen LogP contribution in [0.1, 0.15) is 137 Å². The second kappa shape index (κ2) is 25.1. The van der Waals surface area contributed by atoms with Crippen molar-refractivity contribution < 1.29 is 48.7 Å². The zero-order valence-corrected chi connectivity index (χ0v) is 42.7. The number of alkyl halides is 3. The molecule has 2 saturated carbocycles. The van der Waals surface area contributed by atoms with E-state index in [0.29, 0.717) is 12.8 Å². The van der Waals surface area contributed by atoms with Gasteiger partial charge >= 0.3 is 6.18 Å². The van der Waals surface area contributed by atoms with Gasteiger partial charge in [0.25, 0.3) is 0 Å². The van der Waals surface area contributed by atoms with Crippen molar-refractivity contribution in [2.24, 2.45) is 23.7 Å². The van der Waals surface area contributed by atoms with Crippen LogP contribution in [0.15, 0.2) is 96.9 Å². The Morgan fingerprint density at radius 1 is 0.701 bits per heavy atom. The summed E-state index contributed by atoms with van der Waals surface area (Å²) in [5.74, 6) is -0.457. The molecule has 2 aromatic heterocycles. The van der Waals surface area contributed by atoms with Crippen molar-refractivity contribution in [3.05, 3.63) is 142 Å². The van der Waals surface area contributed by atoms with Gasteiger partial charge in [-0.2, -0.15) is 13.2 Å². The fourth-order valence-corrected chi connectivity index (χ4v) is 9.83. The normalized spacial score (nSPS) is 15.8. The maximum absolute atomic E-state index is 12.3. The number of fused-ring (bicyclic) bond motifs is 2. The summed E-state index contributed by atoms with van der Waals surface area (Å²) < 4.78 is 69.8. The van der Waals surface area contributed by atoms with Gasteiger partial charge in [0.1, 0.15) is 0 Å². The van der Waals surface area contributed by atoms with Crippen LogP contribution < -0.4 is 0 Å². The summed E-state index contributed by atoms with van der Waals surface area (Å²) in [5.41, 5.74) is 10.3. The van der Waals surface area contributed by atoms with Gasteiger partial charge in [-0.1, -0.05) is 136 Å². The predicted octanol–water partition coefficient (Wildman–Crippen LogP) is 16.5. The first-order valence-corrected chi connectivity index (χ1v) is 24.1. The Morgan fingerprint density at radius 3 is 1.49 bits per heavy atom. The van der Waals surface area contributed by atoms with E-state index in [0.717, 1.165) is 97.1 Å². The van der Waals surface area contributed by atoms with Crippen LogP contribution in [0.3, 0.4) is 0 Å². The molecule has 0 amide bonds. The third-order valence-electron chi connectivity index (χ3n) is 13.3. The zero-order valence-electron chi connectivity index (χ0n) is 44.3. The number of halogens is 3. The van der Waals surface area contributed by atoms with Gasteiger partial charge in [0.15, 0.2) is 5.78 Å². The number of aromatic nitrogens is 2. The molecular weight excluding hydrogens is 1020 g/mol. The van der Waals surface area contributed by atoms with E-state index in [-0.39, 0.29) is 62.7 Å². The molecule has 8 rings (SSSR count). The maximum Gasteiger partial charge on any atom is 0.389 e. The quantitative estimate of drug-likeness (QED) is 0.0711. The first-order chi connectivity index (χ1) is 33.3. The number of rotatable bonds is 13. The minimum atomic E-state index is -4.33. The molecule has 0 aliphatic heterocycles. The molecule has 0 bridgehead atoms. The Morgan fingerprint density at radius 2 is 1.12 bits per heavy atom. The summed E-state index contributed by atoms with van der Waals surface area (Å²) in [6.45, 7) is 13.4. The monoisotopic (exact) mass is 1090 g/mol. The van der Waals surface area contributed by atoms with Crippen molar-refractivity contribution in [3.63, 3.8) is 0 Å². The number of nitrogens with zero attached hydrogens (tertiary/aromatic N) is 2. The molecule has 0 saturated heterocycles. The molecule has 1 unspecified atom stereocenters. The van der Waals surface area contributed by atoms with E-state index in [9.17, 15) is 23.1 Å². The SMILES string of the molecule is CCC(CC)C(=O)/C=C(\O)C(CC)CC(F)(F)F.[2H]c1nc(-c2[c-]c(C)cc(C)c2)c2ccc(CC3CCCC3)cc2c1[2H].[2H]c1nc(-c2[c-]c(C)cc(C)c2)c2ccc(CC3CCCC3)cc2c1[2H].[Ir]. The number of aliphatic hydroxyl groups excluding tert-OH is 1. The third kappa shape index (κ3) is 15.4. The molecule has 1 N–H and O–H groups in total. The molecule has 1 atom stereocenters. The number of aliphatic hydroxyl groups is 1. The molecule has 4 aromatic carbocycles. The Labute approximate surface area is 417 Å². The number of hydrogen-bond donors (Lipinski definition) is 1. The number of carbonyl (C=O) groups is 1. The Kier molecular flexibility index (Phi) is 17.8. The first-order valence-electron chi connectivity index (χ1n) is 26.1. The standard InChI is InChI=1S/2C23H24N.C13H21F3O2.Ir/c2*1-16-11-17(2)13-21(12-16)23-22-8-7-19(14-18-5-3-4-6-18)15-20(22)9-10-24-23;1-4-9(5-2)11(17)7-12(18)10(6-3)8-13(14,15)16;/h2*7-12,15,18H,3-6,14H2,1-2H3;7,9-10,18H,4-6,8H2,1-3H3;/q2*-1;;/b;;12-7-;/i2*9D,10D;;. The van der Waals surface area contributed by atoms with Gasteiger partial charge in [-0.15, -0.1) is 69.8 Å². The van der Waals surface area contributed by atoms with E-state index < -0.39 is 24.3 Å². The Bertz CT molecular complexity index is 2610. The zero-order chi connectivity index (χ0) is 50.9. The molecule has 0 spiro atoms. The largest absolute Gasteiger partial charge is 0.512 e. The van der Waals surface area contributed by atoms with Gasteiger partial charge in [-0.3, -0.25) is 4.79 Å². The van der Waals surface area contributed by atoms with Gasteiger partial charge in [-0.25, -0.2) is 0 Å². The molecule has 2 heterocycles. The third-order valence-corrected chi connectivity index (χ3v) is 13.3. The van der Waals surface area contributed by atoms with E-state index in [4.69, 9.17) is 5.48 Å². The smallest absolute Gasteiger partial charge is 0.389 e. The predicted molar refractivity (Wildman–Crippen MR) is 267 cm³/mol. The number of ketones is 1. The fourth-order valence-electron chi connectivity index (χ4n) is 9.83. The van der Waals surface area contributed by atoms with Crippen molar-refractivity contribution in [2.75, 3.05) is 0 Å². The first kappa shape index (κ1) is 47.4. The summed E-state index contributed by atoms with van der Waals surface area (Å²) in [4.78, 5) is 20.6. The topological polar surface area (TPSA) is 63.1 Å². The van der Waals surface area contributed by atoms with Crippen molar-refractivity contribution in [1.29, 1.82) is 0 Å². The number of pyridine rings is 2. The van der Waals surface area contributed by atoms with Crippen molar-refractivity contribution in [2.45, 2.75) is 145 Å². The minimum absolute atomic E-state index is 0. The van der Waals surface area contributed by atoms with E-state index >= 15 is 0 Å². The van der Waals surface area contributed by atoms with Crippen LogP contribution >= 0.6 is 0 Å². The Balaban J connectivity index is 0.000000201. The van der Waals surface area contributed by atoms with Crippen LogP contribution in [0.2, 0.25) is 0 Å². The Hall–Kier alpha value is -4.65. The van der Waals surface area contributed by atoms with E-state index in [2.05, 4.69) is 96.6 Å². The van der Waals surface area contributed by atoms with Crippen molar-refractivity contribution in [1.82, 2.24) is 9.97 Å². The number of aryl methyl sites for hydroxylation is 4. The molecule has 2 aliphatic rings. The van der Waals surface area contributed by atoms with E-state index in [1.54, 1.807) is 6.92 Å². The maximum atomic E-state index is 12.3. The molecule has 2 fully saturated rings. The number of allylic oxidation sites excluding steroid dienone is 2. The van der Waals surface area contributed by atoms with Crippen LogP contribution in [0, 0.1) is 63.5 Å². The molecule has 1 radical (unpaired) electrons.